The van der Waals surface area contributed by atoms with Crippen LogP contribution in [0.1, 0.15) is 41.0 Å². The molecule has 3 heterocycles. The van der Waals surface area contributed by atoms with E-state index >= 15 is 0 Å². The molecule has 44 heavy (non-hydrogen) atoms. The zero-order valence-electron chi connectivity index (χ0n) is 25.7. The Bertz CT molecular complexity index is 1480. The first-order valence-electron chi connectivity index (χ1n) is 14.0. The highest BCUT2D eigenvalue weighted by atomic mass is 32.2. The fraction of sp³-hybridized carbons (Fsp3) is 0.552. The van der Waals surface area contributed by atoms with E-state index in [0.717, 1.165) is 0 Å². The number of hydrogen-bond donors (Lipinski definition) is 3. The number of thioether (sulfide) groups is 1. The molecule has 5 atom stereocenters. The summed E-state index contributed by atoms with van der Waals surface area (Å²) in [4.78, 5) is 40.3. The molecule has 2 saturated heterocycles. The first-order valence-corrected chi connectivity index (χ1v) is 16.4. The highest BCUT2D eigenvalue weighted by molar-refractivity contribution is 8.03. The van der Waals surface area contributed by atoms with E-state index < -0.39 is 52.2 Å². The van der Waals surface area contributed by atoms with Gasteiger partial charge in [-0.25, -0.2) is 13.2 Å². The van der Waals surface area contributed by atoms with Crippen molar-refractivity contribution in [1.29, 1.82) is 0 Å². The van der Waals surface area contributed by atoms with Crippen LogP contribution >= 0.6 is 11.8 Å². The molecular weight excluding hydrogens is 614 g/mol. The summed E-state index contributed by atoms with van der Waals surface area (Å²) >= 11 is 1.39. The number of nitrogens with zero attached hydrogens (tertiary/aromatic N) is 1. The molecule has 0 aliphatic carbocycles. The predicted octanol–water partition coefficient (Wildman–Crippen LogP) is 2.08. The zero-order valence-corrected chi connectivity index (χ0v) is 27.3. The van der Waals surface area contributed by atoms with Gasteiger partial charge in [0.05, 0.1) is 42.6 Å². The Morgan fingerprint density at radius 2 is 1.89 bits per heavy atom. The summed E-state index contributed by atoms with van der Waals surface area (Å²) in [5.74, 6) is -1.97. The van der Waals surface area contributed by atoms with Crippen molar-refractivity contribution in [3.63, 3.8) is 0 Å². The highest BCUT2D eigenvalue weighted by Crippen LogP contribution is 2.52. The number of hydrogen-bond acceptors (Lipinski definition) is 12. The fourth-order valence-corrected chi connectivity index (χ4v) is 7.68. The zero-order chi connectivity index (χ0) is 32.6. The molecule has 0 aromatic heterocycles. The van der Waals surface area contributed by atoms with Gasteiger partial charge in [-0.2, -0.15) is 0 Å². The lowest BCUT2D eigenvalue weighted by Crippen LogP contribution is -2.63. The Kier molecular flexibility index (Phi) is 9.81. The molecule has 1 unspecified atom stereocenters. The van der Waals surface area contributed by atoms with Gasteiger partial charge in [0, 0.05) is 47.0 Å². The van der Waals surface area contributed by atoms with Crippen LogP contribution in [0.15, 0.2) is 45.6 Å². The lowest BCUT2D eigenvalue weighted by Gasteiger charge is -2.46. The maximum absolute atomic E-state index is 13.3. The lowest BCUT2D eigenvalue weighted by atomic mass is 9.79. The summed E-state index contributed by atoms with van der Waals surface area (Å²) in [6.45, 7) is 8.31. The molecule has 13 nitrogen and oxygen atoms in total. The molecule has 0 spiro atoms. The summed E-state index contributed by atoms with van der Waals surface area (Å²) in [6.07, 6.45) is 0.930. The number of amides is 1. The van der Waals surface area contributed by atoms with Crippen molar-refractivity contribution in [3.05, 3.63) is 40.7 Å². The molecule has 3 N–H and O–H groups in total. The van der Waals surface area contributed by atoms with Gasteiger partial charge in [-0.05, 0) is 39.8 Å². The van der Waals surface area contributed by atoms with E-state index in [1.165, 1.54) is 55.3 Å². The van der Waals surface area contributed by atoms with Crippen LogP contribution in [0.2, 0.25) is 0 Å². The van der Waals surface area contributed by atoms with Gasteiger partial charge in [0.15, 0.2) is 11.5 Å². The van der Waals surface area contributed by atoms with Crippen LogP contribution in [0, 0.1) is 17.3 Å². The Morgan fingerprint density at radius 1 is 1.20 bits per heavy atom. The molecule has 0 radical (unpaired) electrons. The summed E-state index contributed by atoms with van der Waals surface area (Å²) in [5, 5.41) is 13.3. The number of aliphatic hydroxyl groups excluding tert-OH is 1. The molecule has 3 aliphatic heterocycles. The van der Waals surface area contributed by atoms with E-state index in [2.05, 4.69) is 10.0 Å². The Morgan fingerprint density at radius 3 is 2.50 bits per heavy atom. The SMILES string of the molecule is COc1ccc(S(=O)(=O)N/C=C2\CC(SC3=C(C(=O)OCOC(=O)C(C)(C)C)N4C(=O)[C@H]([C@@H](C)O)[C@H]4[C@H]3C)CN2)cc1OC. The molecule has 4 rings (SSSR count). The molecule has 1 aromatic carbocycles. The smallest absolute Gasteiger partial charge is 0.358 e. The maximum atomic E-state index is 13.3. The van der Waals surface area contributed by atoms with Crippen LogP contribution in [0.3, 0.4) is 0 Å². The molecule has 1 aromatic rings. The minimum atomic E-state index is -3.91. The molecule has 0 saturated carbocycles. The minimum Gasteiger partial charge on any atom is -0.493 e. The van der Waals surface area contributed by atoms with Crippen molar-refractivity contribution < 1.29 is 46.9 Å². The average Bonchev–Trinajstić information content (AvgIpc) is 3.51. The summed E-state index contributed by atoms with van der Waals surface area (Å²) < 4.78 is 49.1. The predicted molar refractivity (Wildman–Crippen MR) is 160 cm³/mol. The van der Waals surface area contributed by atoms with Crippen molar-refractivity contribution in [2.75, 3.05) is 27.6 Å². The number of esters is 2. The number of ether oxygens (including phenoxy) is 4. The van der Waals surface area contributed by atoms with Gasteiger partial charge in [0.25, 0.3) is 10.0 Å². The number of allylic oxidation sites excluding steroid dienone is 1. The van der Waals surface area contributed by atoms with E-state index in [0.29, 0.717) is 29.3 Å². The second kappa shape index (κ2) is 12.9. The van der Waals surface area contributed by atoms with E-state index in [1.807, 2.05) is 6.92 Å². The highest BCUT2D eigenvalue weighted by Gasteiger charge is 2.60. The van der Waals surface area contributed by atoms with Crippen LogP contribution in [0.5, 0.6) is 11.5 Å². The van der Waals surface area contributed by atoms with Crippen LogP contribution in [-0.2, 0) is 33.9 Å². The number of β-lactam (4-membered cyclic amide) rings is 1. The van der Waals surface area contributed by atoms with Gasteiger partial charge >= 0.3 is 11.9 Å². The number of rotatable bonds is 11. The van der Waals surface area contributed by atoms with Crippen molar-refractivity contribution in [2.45, 2.75) is 63.3 Å². The quantitative estimate of drug-likeness (QED) is 0.181. The molecule has 15 heteroatoms. The molecule has 242 valence electrons. The van der Waals surface area contributed by atoms with Crippen molar-refractivity contribution in [3.8, 4) is 11.5 Å². The van der Waals surface area contributed by atoms with Gasteiger partial charge in [-0.15, -0.1) is 11.8 Å². The number of nitrogens with one attached hydrogen (secondary N) is 2. The third-order valence-electron chi connectivity index (χ3n) is 7.65. The summed E-state index contributed by atoms with van der Waals surface area (Å²) in [7, 11) is -1.03. The molecular formula is C29H39N3O10S2. The molecule has 2 fully saturated rings. The molecule has 3 aliphatic rings. The standard InChI is InChI=1S/C29H39N3O10S2/c1-15-23-22(16(2)33)26(34)32(23)24(27(35)41-14-42-28(36)29(3,4)5)25(15)43-18-10-17(30-13-18)12-31-44(37,38)19-8-9-20(39-6)21(11-19)40-7/h8-9,11-12,15-16,18,22-23,30-31,33H,10,13-14H2,1-7H3/b17-12+/t15-,16-,18?,22-,23-/m1/s1. The van der Waals surface area contributed by atoms with E-state index in [1.54, 1.807) is 27.7 Å². The van der Waals surface area contributed by atoms with Gasteiger partial charge < -0.3 is 34.3 Å². The number of sulfonamides is 1. The van der Waals surface area contributed by atoms with Crippen LogP contribution in [0.4, 0.5) is 0 Å². The number of carbonyl (C=O) groups is 3. The second-order valence-electron chi connectivity index (χ2n) is 11.8. The Hall–Kier alpha value is -3.43. The number of benzene rings is 1. The largest absolute Gasteiger partial charge is 0.493 e. The molecule has 0 bridgehead atoms. The topological polar surface area (TPSA) is 170 Å². The molecule has 1 amide bonds. The van der Waals surface area contributed by atoms with Crippen molar-refractivity contribution in [1.82, 2.24) is 14.9 Å². The number of carbonyl (C=O) groups excluding carboxylic acids is 3. The Balaban J connectivity index is 1.48. The third-order valence-corrected chi connectivity index (χ3v) is 10.4. The van der Waals surface area contributed by atoms with Gasteiger partial charge in [0.2, 0.25) is 12.7 Å². The minimum absolute atomic E-state index is 0.000880. The number of aliphatic hydroxyl groups is 1. The average molecular weight is 654 g/mol. The van der Waals surface area contributed by atoms with Gasteiger partial charge in [-0.3, -0.25) is 14.3 Å². The first-order chi connectivity index (χ1) is 20.6. The second-order valence-corrected chi connectivity index (χ2v) is 14.9. The Labute approximate surface area is 261 Å². The third kappa shape index (κ3) is 6.64. The number of methoxy groups -OCH3 is 2. The summed E-state index contributed by atoms with van der Waals surface area (Å²) in [5.41, 5.74) is -0.0708. The maximum Gasteiger partial charge on any atom is 0.358 e. The van der Waals surface area contributed by atoms with E-state index in [-0.39, 0.29) is 33.4 Å². The first kappa shape index (κ1) is 33.5. The van der Waals surface area contributed by atoms with Gasteiger partial charge in [-0.1, -0.05) is 6.92 Å². The van der Waals surface area contributed by atoms with Crippen molar-refractivity contribution >= 4 is 39.6 Å². The number of fused-ring (bicyclic) bond motifs is 1. The van der Waals surface area contributed by atoms with E-state index in [4.69, 9.17) is 18.9 Å². The van der Waals surface area contributed by atoms with E-state index in [9.17, 15) is 27.9 Å². The van der Waals surface area contributed by atoms with Gasteiger partial charge in [0.1, 0.15) is 5.70 Å². The van der Waals surface area contributed by atoms with Crippen LogP contribution in [0.25, 0.3) is 0 Å². The normalized spacial score (nSPS) is 24.8. The van der Waals surface area contributed by atoms with Crippen molar-refractivity contribution in [2.24, 2.45) is 17.3 Å². The monoisotopic (exact) mass is 653 g/mol. The summed E-state index contributed by atoms with van der Waals surface area (Å²) in [6, 6.07) is 3.87. The lowest BCUT2D eigenvalue weighted by molar-refractivity contribution is -0.175. The fourth-order valence-electron chi connectivity index (χ4n) is 5.30. The van der Waals surface area contributed by atoms with Crippen LogP contribution < -0.4 is 19.5 Å². The van der Waals surface area contributed by atoms with Crippen LogP contribution in [-0.4, -0.2) is 81.2 Å².